The molecule has 2 heterocycles. The van der Waals surface area contributed by atoms with Crippen LogP contribution in [-0.2, 0) is 4.79 Å². The summed E-state index contributed by atoms with van der Waals surface area (Å²) < 4.78 is 38.8. The monoisotopic (exact) mass is 422 g/mol. The number of anilines is 1. The largest absolute Gasteiger partial charge is 0.471 e. The molecule has 154 valence electrons. The van der Waals surface area contributed by atoms with Crippen molar-refractivity contribution >= 4 is 38.8 Å². The number of carbonyl (C=O) groups excluding carboxylic acids is 1. The number of halogens is 3. The highest BCUT2D eigenvalue weighted by molar-refractivity contribution is 6.09. The lowest BCUT2D eigenvalue weighted by atomic mass is 9.97. The molecular weight excluding hydrogens is 409 g/mol. The molecule has 0 fully saturated rings. The van der Waals surface area contributed by atoms with Gasteiger partial charge in [-0.2, -0.15) is 18.3 Å². The predicted octanol–water partition coefficient (Wildman–Crippen LogP) is 4.50. The van der Waals surface area contributed by atoms with Gasteiger partial charge in [-0.15, -0.1) is 0 Å². The van der Waals surface area contributed by atoms with Crippen LogP contribution in [0.1, 0.15) is 0 Å². The van der Waals surface area contributed by atoms with Gasteiger partial charge in [0.2, 0.25) is 0 Å². The molecule has 0 atom stereocenters. The number of aromatic nitrogens is 3. The molecule has 6 nitrogen and oxygen atoms in total. The van der Waals surface area contributed by atoms with E-state index in [1.54, 1.807) is 18.3 Å². The summed E-state index contributed by atoms with van der Waals surface area (Å²) in [7, 11) is 0. The first-order valence-corrected chi connectivity index (χ1v) is 9.22. The molecule has 0 aliphatic rings. The van der Waals surface area contributed by atoms with Gasteiger partial charge < -0.3 is 5.32 Å². The molecule has 2 N–H and O–H groups in total. The molecular formula is C22H13F3N4O2. The number of alkyl halides is 3. The van der Waals surface area contributed by atoms with Crippen molar-refractivity contribution in [3.8, 4) is 11.1 Å². The molecule has 9 heteroatoms. The van der Waals surface area contributed by atoms with E-state index in [9.17, 15) is 22.8 Å². The van der Waals surface area contributed by atoms with E-state index in [1.165, 1.54) is 16.5 Å². The molecule has 5 rings (SSSR count). The fourth-order valence-corrected chi connectivity index (χ4v) is 3.63. The summed E-state index contributed by atoms with van der Waals surface area (Å²) in [5, 5.41) is 12.0. The van der Waals surface area contributed by atoms with Crippen molar-refractivity contribution in [2.45, 2.75) is 6.18 Å². The fourth-order valence-electron chi connectivity index (χ4n) is 3.63. The average Bonchev–Trinajstić information content (AvgIpc) is 3.12. The number of aromatic amines is 1. The second-order valence-electron chi connectivity index (χ2n) is 7.04. The van der Waals surface area contributed by atoms with Crippen LogP contribution in [-0.4, -0.2) is 26.7 Å². The van der Waals surface area contributed by atoms with Crippen molar-refractivity contribution < 1.29 is 18.0 Å². The second kappa shape index (κ2) is 6.69. The van der Waals surface area contributed by atoms with Crippen LogP contribution >= 0.6 is 0 Å². The first kappa shape index (κ1) is 18.9. The van der Waals surface area contributed by atoms with Gasteiger partial charge in [0.15, 0.2) is 5.65 Å². The van der Waals surface area contributed by atoms with Gasteiger partial charge in [0.05, 0.1) is 0 Å². The molecule has 2 aromatic heterocycles. The van der Waals surface area contributed by atoms with Gasteiger partial charge in [-0.3, -0.25) is 4.79 Å². The summed E-state index contributed by atoms with van der Waals surface area (Å²) in [6.07, 6.45) is -3.33. The van der Waals surface area contributed by atoms with Crippen LogP contribution in [0, 0.1) is 0 Å². The SMILES string of the molecule is O=C(Nc1ccc(-c2cn3c(=O)[nH]nc3c3cc4ccccc4cc23)cc1)C(F)(F)F. The molecule has 1 amide bonds. The third-order valence-corrected chi connectivity index (χ3v) is 5.09. The molecule has 0 saturated heterocycles. The molecule has 0 aliphatic carbocycles. The van der Waals surface area contributed by atoms with Crippen molar-refractivity contribution in [1.82, 2.24) is 14.6 Å². The third kappa shape index (κ3) is 3.20. The van der Waals surface area contributed by atoms with Crippen molar-refractivity contribution in [3.05, 3.63) is 77.3 Å². The Balaban J connectivity index is 1.70. The van der Waals surface area contributed by atoms with Crippen LogP contribution < -0.4 is 11.0 Å². The molecule has 0 saturated carbocycles. The first-order chi connectivity index (χ1) is 14.8. The van der Waals surface area contributed by atoms with Crippen LogP contribution in [0.5, 0.6) is 0 Å². The second-order valence-corrected chi connectivity index (χ2v) is 7.04. The van der Waals surface area contributed by atoms with Gasteiger partial charge in [0, 0.05) is 22.8 Å². The highest BCUT2D eigenvalue weighted by Crippen LogP contribution is 2.34. The quantitative estimate of drug-likeness (QED) is 0.411. The molecule has 0 aliphatic heterocycles. The first-order valence-electron chi connectivity index (χ1n) is 9.22. The number of H-pyrrole nitrogens is 1. The average molecular weight is 422 g/mol. The minimum absolute atomic E-state index is 0.0161. The van der Waals surface area contributed by atoms with Crippen molar-refractivity contribution in [2.75, 3.05) is 5.32 Å². The smallest absolute Gasteiger partial charge is 0.318 e. The van der Waals surface area contributed by atoms with Gasteiger partial charge in [-0.25, -0.2) is 14.3 Å². The Kier molecular flexibility index (Phi) is 4.07. The summed E-state index contributed by atoms with van der Waals surface area (Å²) in [5.74, 6) is -2.04. The Morgan fingerprint density at radius 3 is 2.26 bits per heavy atom. The summed E-state index contributed by atoms with van der Waals surface area (Å²) in [6.45, 7) is 0. The Morgan fingerprint density at radius 1 is 0.968 bits per heavy atom. The molecule has 0 spiro atoms. The van der Waals surface area contributed by atoms with Gasteiger partial charge in [0.25, 0.3) is 0 Å². The molecule has 0 unspecified atom stereocenters. The zero-order valence-corrected chi connectivity index (χ0v) is 15.7. The molecule has 5 aromatic rings. The van der Waals surface area contributed by atoms with E-state index < -0.39 is 17.8 Å². The predicted molar refractivity (Wildman–Crippen MR) is 111 cm³/mol. The maximum absolute atomic E-state index is 12.5. The van der Waals surface area contributed by atoms with E-state index >= 15 is 0 Å². The van der Waals surface area contributed by atoms with E-state index in [-0.39, 0.29) is 5.69 Å². The van der Waals surface area contributed by atoms with Crippen LogP contribution in [0.4, 0.5) is 18.9 Å². The van der Waals surface area contributed by atoms with Gasteiger partial charge in [0.1, 0.15) is 0 Å². The van der Waals surface area contributed by atoms with Crippen molar-refractivity contribution in [3.63, 3.8) is 0 Å². The molecule has 31 heavy (non-hydrogen) atoms. The summed E-state index contributed by atoms with van der Waals surface area (Å²) in [4.78, 5) is 23.4. The highest BCUT2D eigenvalue weighted by atomic mass is 19.4. The summed E-state index contributed by atoms with van der Waals surface area (Å²) in [6, 6.07) is 17.6. The topological polar surface area (TPSA) is 79.3 Å². The normalized spacial score (nSPS) is 12.0. The number of benzene rings is 3. The Hall–Kier alpha value is -4.14. The van der Waals surface area contributed by atoms with E-state index in [1.807, 2.05) is 41.7 Å². The maximum Gasteiger partial charge on any atom is 0.471 e. The van der Waals surface area contributed by atoms with E-state index in [0.29, 0.717) is 16.8 Å². The number of fused-ring (bicyclic) bond motifs is 4. The fraction of sp³-hybridized carbons (Fsp3) is 0.0455. The van der Waals surface area contributed by atoms with Gasteiger partial charge in [-0.1, -0.05) is 36.4 Å². The number of rotatable bonds is 2. The van der Waals surface area contributed by atoms with Crippen molar-refractivity contribution in [2.24, 2.45) is 0 Å². The Labute approximate surface area is 171 Å². The highest BCUT2D eigenvalue weighted by Gasteiger charge is 2.38. The van der Waals surface area contributed by atoms with Crippen LogP contribution in [0.2, 0.25) is 0 Å². The van der Waals surface area contributed by atoms with Crippen molar-refractivity contribution in [1.29, 1.82) is 0 Å². The summed E-state index contributed by atoms with van der Waals surface area (Å²) in [5.41, 5.74) is 1.46. The number of pyridine rings is 1. The molecule has 0 bridgehead atoms. The minimum atomic E-state index is -4.97. The lowest BCUT2D eigenvalue weighted by Crippen LogP contribution is -2.29. The molecule has 3 aromatic carbocycles. The van der Waals surface area contributed by atoms with E-state index in [2.05, 4.69) is 10.2 Å². The number of carbonyl (C=O) groups is 1. The number of nitrogens with one attached hydrogen (secondary N) is 2. The van der Waals surface area contributed by atoms with Crippen LogP contribution in [0.3, 0.4) is 0 Å². The lowest BCUT2D eigenvalue weighted by Gasteiger charge is -2.12. The number of hydrogen-bond acceptors (Lipinski definition) is 3. The zero-order chi connectivity index (χ0) is 21.8. The molecule has 0 radical (unpaired) electrons. The van der Waals surface area contributed by atoms with Gasteiger partial charge in [-0.05, 0) is 46.0 Å². The number of amides is 1. The Bertz CT molecular complexity index is 1530. The number of hydrogen-bond donors (Lipinski definition) is 2. The third-order valence-electron chi connectivity index (χ3n) is 5.09. The Morgan fingerprint density at radius 2 is 1.61 bits per heavy atom. The lowest BCUT2D eigenvalue weighted by molar-refractivity contribution is -0.167. The maximum atomic E-state index is 12.5. The summed E-state index contributed by atoms with van der Waals surface area (Å²) >= 11 is 0. The standard InChI is InChI=1S/C22H13F3N4O2/c23-22(24,25)20(30)26-15-7-5-12(6-8-15)18-11-29-19(27-28-21(29)31)17-10-14-4-2-1-3-13(14)9-16(17)18/h1-11H,(H,26,30)(H,28,31). The minimum Gasteiger partial charge on any atom is -0.318 e. The van der Waals surface area contributed by atoms with Crippen LogP contribution in [0.15, 0.2) is 71.7 Å². The van der Waals surface area contributed by atoms with E-state index in [0.717, 1.165) is 21.5 Å². The number of nitrogens with zero attached hydrogens (tertiary/aromatic N) is 2. The zero-order valence-electron chi connectivity index (χ0n) is 15.7. The van der Waals surface area contributed by atoms with E-state index in [4.69, 9.17) is 0 Å². The van der Waals surface area contributed by atoms with Gasteiger partial charge >= 0.3 is 17.8 Å². The van der Waals surface area contributed by atoms with Crippen LogP contribution in [0.25, 0.3) is 38.3 Å².